The van der Waals surface area contributed by atoms with Gasteiger partial charge in [0.25, 0.3) is 0 Å². The fraction of sp³-hybridized carbons (Fsp3) is 0.588. The van der Waals surface area contributed by atoms with Crippen molar-refractivity contribution in [2.24, 2.45) is 11.7 Å². The molecule has 3 N–H and O–H groups in total. The van der Waals surface area contributed by atoms with E-state index in [1.165, 1.54) is 0 Å². The number of carbonyl (C=O) groups excluding carboxylic acids is 1. The van der Waals surface area contributed by atoms with Crippen LogP contribution in [0.25, 0.3) is 0 Å². The number of benzene rings is 1. The highest BCUT2D eigenvalue weighted by atomic mass is 35.5. The molecule has 6 heteroatoms. The fourth-order valence-electron chi connectivity index (χ4n) is 2.80. The molecule has 23 heavy (non-hydrogen) atoms. The second-order valence-electron chi connectivity index (χ2n) is 6.40. The maximum absolute atomic E-state index is 12.1. The van der Waals surface area contributed by atoms with Crippen molar-refractivity contribution in [2.75, 3.05) is 32.6 Å². The van der Waals surface area contributed by atoms with Gasteiger partial charge in [-0.05, 0) is 51.1 Å². The minimum Gasteiger partial charge on any atom is -0.491 e. The predicted molar refractivity (Wildman–Crippen MR) is 94.1 cm³/mol. The van der Waals surface area contributed by atoms with Crippen LogP contribution in [-0.4, -0.2) is 44.1 Å². The zero-order chi connectivity index (χ0) is 16.8. The van der Waals surface area contributed by atoms with Gasteiger partial charge < -0.3 is 20.7 Å². The smallest absolute Gasteiger partial charge is 0.224 e. The van der Waals surface area contributed by atoms with E-state index >= 15 is 0 Å². The van der Waals surface area contributed by atoms with Gasteiger partial charge in [0.2, 0.25) is 5.91 Å². The first-order valence-electron chi connectivity index (χ1n) is 8.08. The third-order valence-electron chi connectivity index (χ3n) is 4.18. The zero-order valence-corrected chi connectivity index (χ0v) is 14.6. The Bertz CT molecular complexity index is 537. The van der Waals surface area contributed by atoms with Crippen molar-refractivity contribution in [3.8, 4) is 5.75 Å². The van der Waals surface area contributed by atoms with Gasteiger partial charge in [-0.3, -0.25) is 4.79 Å². The van der Waals surface area contributed by atoms with Crippen LogP contribution < -0.4 is 15.8 Å². The second kappa shape index (κ2) is 8.52. The Kier molecular flexibility index (Phi) is 6.69. The number of nitrogens with zero attached hydrogens (tertiary/aromatic N) is 1. The fourth-order valence-corrected chi connectivity index (χ4v) is 3.04. The number of amides is 1. The lowest BCUT2D eigenvalue weighted by Crippen LogP contribution is -2.28. The first kappa shape index (κ1) is 18.0. The van der Waals surface area contributed by atoms with E-state index in [1.54, 1.807) is 12.1 Å². The van der Waals surface area contributed by atoms with Crippen molar-refractivity contribution in [3.63, 3.8) is 0 Å². The van der Waals surface area contributed by atoms with Crippen LogP contribution in [-0.2, 0) is 4.79 Å². The van der Waals surface area contributed by atoms with E-state index in [2.05, 4.69) is 5.32 Å². The number of ether oxygens (including phenoxy) is 1. The Labute approximate surface area is 143 Å². The van der Waals surface area contributed by atoms with Gasteiger partial charge in [0.05, 0.1) is 5.02 Å². The second-order valence-corrected chi connectivity index (χ2v) is 6.81. The monoisotopic (exact) mass is 339 g/mol. The molecule has 128 valence electrons. The first-order valence-corrected chi connectivity index (χ1v) is 8.46. The van der Waals surface area contributed by atoms with Gasteiger partial charge in [0.1, 0.15) is 12.4 Å². The van der Waals surface area contributed by atoms with E-state index in [4.69, 9.17) is 22.1 Å². The number of hydrogen-bond donors (Lipinski definition) is 2. The molecule has 1 aromatic carbocycles. The average Bonchev–Trinajstić information content (AvgIpc) is 2.86. The lowest BCUT2D eigenvalue weighted by atomic mass is 10.00. The van der Waals surface area contributed by atoms with E-state index in [1.807, 2.05) is 25.1 Å². The Morgan fingerprint density at radius 2 is 2.22 bits per heavy atom. The van der Waals surface area contributed by atoms with Crippen LogP contribution in [0.3, 0.4) is 0 Å². The molecule has 1 aliphatic rings. The number of rotatable bonds is 7. The number of likely N-dealkylation sites (N-methyl/N-ethyl adjacent to an activating group) is 1. The van der Waals surface area contributed by atoms with E-state index < -0.39 is 0 Å². The number of carbonyl (C=O) groups is 1. The molecule has 1 amide bonds. The van der Waals surface area contributed by atoms with E-state index in [9.17, 15) is 4.79 Å². The van der Waals surface area contributed by atoms with Gasteiger partial charge in [0.15, 0.2) is 0 Å². The molecule has 0 spiro atoms. The molecule has 1 aliphatic carbocycles. The largest absolute Gasteiger partial charge is 0.491 e. The minimum absolute atomic E-state index is 0.00954. The molecule has 0 unspecified atom stereocenters. The molecule has 2 atom stereocenters. The van der Waals surface area contributed by atoms with Crippen molar-refractivity contribution in [1.82, 2.24) is 4.90 Å². The summed E-state index contributed by atoms with van der Waals surface area (Å²) in [6, 6.07) is 5.47. The lowest BCUT2D eigenvalue weighted by Gasteiger charge is -2.15. The molecule has 0 heterocycles. The summed E-state index contributed by atoms with van der Waals surface area (Å²) in [5.74, 6) is 0.910. The summed E-state index contributed by atoms with van der Waals surface area (Å²) in [6.07, 6.45) is 3.64. The minimum atomic E-state index is -0.00954. The summed E-state index contributed by atoms with van der Waals surface area (Å²) in [7, 11) is 3.97. The van der Waals surface area contributed by atoms with Gasteiger partial charge in [-0.1, -0.05) is 18.0 Å². The third kappa shape index (κ3) is 5.68. The molecular formula is C17H26ClN3O2. The molecule has 0 aromatic heterocycles. The summed E-state index contributed by atoms with van der Waals surface area (Å²) in [4.78, 5) is 14.1. The van der Waals surface area contributed by atoms with Gasteiger partial charge in [0, 0.05) is 24.7 Å². The van der Waals surface area contributed by atoms with Crippen LogP contribution >= 0.6 is 11.6 Å². The summed E-state index contributed by atoms with van der Waals surface area (Å²) in [5.41, 5.74) is 6.70. The standard InChI is InChI=1S/C17H26ClN3O2/c1-21(2)8-9-23-16-7-6-13(11-14(16)18)20-17(22)10-12-4-3-5-15(12)19/h6-7,11-12,15H,3-5,8-10,19H2,1-2H3,(H,20,22)/t12-,15+/m0/s1. The topological polar surface area (TPSA) is 67.6 Å². The predicted octanol–water partition coefficient (Wildman–Crippen LogP) is 2.74. The van der Waals surface area contributed by atoms with Crippen molar-refractivity contribution >= 4 is 23.2 Å². The molecule has 0 radical (unpaired) electrons. The number of nitrogens with one attached hydrogen (secondary N) is 1. The van der Waals surface area contributed by atoms with E-state index in [0.717, 1.165) is 25.8 Å². The molecule has 1 fully saturated rings. The van der Waals surface area contributed by atoms with Crippen LogP contribution in [0.5, 0.6) is 5.75 Å². The Hall–Kier alpha value is -1.30. The van der Waals surface area contributed by atoms with Gasteiger partial charge in [-0.15, -0.1) is 0 Å². The highest BCUT2D eigenvalue weighted by Crippen LogP contribution is 2.29. The number of nitrogens with two attached hydrogens (primary N) is 1. The SMILES string of the molecule is CN(C)CCOc1ccc(NC(=O)C[C@@H]2CCC[C@H]2N)cc1Cl. The summed E-state index contributed by atoms with van der Waals surface area (Å²) in [5, 5.41) is 3.39. The molecule has 1 saturated carbocycles. The zero-order valence-electron chi connectivity index (χ0n) is 13.8. The van der Waals surface area contributed by atoms with Crippen LogP contribution in [0.2, 0.25) is 5.02 Å². The van der Waals surface area contributed by atoms with Crippen molar-refractivity contribution in [2.45, 2.75) is 31.7 Å². The highest BCUT2D eigenvalue weighted by molar-refractivity contribution is 6.32. The van der Waals surface area contributed by atoms with Gasteiger partial charge in [-0.2, -0.15) is 0 Å². The van der Waals surface area contributed by atoms with Crippen LogP contribution in [0, 0.1) is 5.92 Å². The summed E-state index contributed by atoms with van der Waals surface area (Å²) >= 11 is 6.21. The molecule has 0 aliphatic heterocycles. The van der Waals surface area contributed by atoms with Crippen LogP contribution in [0.1, 0.15) is 25.7 Å². The van der Waals surface area contributed by atoms with Crippen molar-refractivity contribution < 1.29 is 9.53 Å². The normalized spacial score (nSPS) is 20.7. The summed E-state index contributed by atoms with van der Waals surface area (Å²) < 4.78 is 5.63. The van der Waals surface area contributed by atoms with Crippen LogP contribution in [0.4, 0.5) is 5.69 Å². The molecule has 2 rings (SSSR count). The Morgan fingerprint density at radius 3 is 2.83 bits per heavy atom. The third-order valence-corrected chi connectivity index (χ3v) is 4.47. The first-order chi connectivity index (χ1) is 11.0. The highest BCUT2D eigenvalue weighted by Gasteiger charge is 2.26. The lowest BCUT2D eigenvalue weighted by molar-refractivity contribution is -0.117. The Morgan fingerprint density at radius 1 is 1.43 bits per heavy atom. The molecule has 0 bridgehead atoms. The Balaban J connectivity index is 1.85. The summed E-state index contributed by atoms with van der Waals surface area (Å²) in [6.45, 7) is 1.38. The maximum Gasteiger partial charge on any atom is 0.224 e. The van der Waals surface area contributed by atoms with Crippen molar-refractivity contribution in [1.29, 1.82) is 0 Å². The number of hydrogen-bond acceptors (Lipinski definition) is 4. The van der Waals surface area contributed by atoms with Gasteiger partial charge >= 0.3 is 0 Å². The van der Waals surface area contributed by atoms with Gasteiger partial charge in [-0.25, -0.2) is 0 Å². The maximum atomic E-state index is 12.1. The van der Waals surface area contributed by atoms with E-state index in [0.29, 0.717) is 35.4 Å². The average molecular weight is 340 g/mol. The molecule has 0 saturated heterocycles. The van der Waals surface area contributed by atoms with Crippen LogP contribution in [0.15, 0.2) is 18.2 Å². The molecule has 1 aromatic rings. The molecule has 5 nitrogen and oxygen atoms in total. The number of anilines is 1. The number of halogens is 1. The quantitative estimate of drug-likeness (QED) is 0.801. The molecular weight excluding hydrogens is 314 g/mol. The van der Waals surface area contributed by atoms with Crippen molar-refractivity contribution in [3.05, 3.63) is 23.2 Å². The van der Waals surface area contributed by atoms with E-state index in [-0.39, 0.29) is 11.9 Å².